The second-order valence-electron chi connectivity index (χ2n) is 18.8. The van der Waals surface area contributed by atoms with Crippen LogP contribution in [-0.2, 0) is 23.8 Å². The minimum Gasteiger partial charge on any atom is -0.376 e. The maximum atomic E-state index is 15.6. The molecule has 4 aromatic heterocycles. The summed E-state index contributed by atoms with van der Waals surface area (Å²) in [4.78, 5) is 47.0. The highest BCUT2D eigenvalue weighted by Gasteiger charge is 2.37. The first-order valence-corrected chi connectivity index (χ1v) is 23.4. The Bertz CT molecular complexity index is 2740. The Labute approximate surface area is 383 Å². The van der Waals surface area contributed by atoms with E-state index in [1.54, 1.807) is 10.9 Å². The Kier molecular flexibility index (Phi) is 11.9. The molecule has 4 saturated heterocycles. The Balaban J connectivity index is 0.659. The maximum Gasteiger partial charge on any atom is 0.284 e. The summed E-state index contributed by atoms with van der Waals surface area (Å²) in [6.45, 7) is 4.29. The molecular weight excluding hydrogens is 872 g/mol. The van der Waals surface area contributed by atoms with E-state index in [0.29, 0.717) is 81.6 Å². The number of ether oxygens (including phenoxy) is 3. The smallest absolute Gasteiger partial charge is 0.284 e. The molecule has 0 radical (unpaired) electrons. The minimum atomic E-state index is -2.90. The van der Waals surface area contributed by atoms with Crippen molar-refractivity contribution in [1.29, 1.82) is 0 Å². The number of nitrogens with one attached hydrogen (secondary N) is 2. The first-order valence-electron chi connectivity index (χ1n) is 23.4. The van der Waals surface area contributed by atoms with Crippen LogP contribution in [0.4, 0.5) is 24.7 Å². The Hall–Kier alpha value is -5.88. The van der Waals surface area contributed by atoms with Crippen LogP contribution in [0, 0.1) is 17.8 Å². The number of imide groups is 1. The SMILES string of the molecule is O=C1CCC(c2nn(C3CC3)c3c(C#CCO[C@@H]4CCN(CC5CCC(n6cc(NC(=O)c7cnn8ccc(N9CC(OC%10COC%10)C9)nc78)c(C(F)F)n6)CC5)C[C@@H]4F)cccc23)C(=O)N1. The lowest BCUT2D eigenvalue weighted by Gasteiger charge is -2.42. The van der Waals surface area contributed by atoms with Crippen LogP contribution in [0.5, 0.6) is 0 Å². The number of carbonyl (C=O) groups excluding carboxylic acids is 3. The van der Waals surface area contributed by atoms with Crippen LogP contribution >= 0.6 is 0 Å². The van der Waals surface area contributed by atoms with E-state index < -0.39 is 36.2 Å². The van der Waals surface area contributed by atoms with E-state index in [2.05, 4.69) is 42.6 Å². The third-order valence-corrected chi connectivity index (χ3v) is 14.1. The quantitative estimate of drug-likeness (QED) is 0.118. The van der Waals surface area contributed by atoms with Crippen molar-refractivity contribution in [3.63, 3.8) is 0 Å². The number of halogens is 3. The lowest BCUT2D eigenvalue weighted by molar-refractivity contribution is -0.158. The van der Waals surface area contributed by atoms with Gasteiger partial charge >= 0.3 is 0 Å². The number of hydrogen-bond acceptors (Lipinski definition) is 12. The molecule has 2 N–H and O–H groups in total. The number of nitrogens with zero attached hydrogens (tertiary/aromatic N) is 9. The molecule has 11 rings (SSSR count). The number of fused-ring (bicyclic) bond motifs is 2. The summed E-state index contributed by atoms with van der Waals surface area (Å²) in [7, 11) is 0. The molecule has 1 aromatic carbocycles. The molecule has 6 fully saturated rings. The lowest BCUT2D eigenvalue weighted by Crippen LogP contribution is -2.56. The number of hydrogen-bond donors (Lipinski definition) is 2. The second kappa shape index (κ2) is 18.3. The number of carbonyl (C=O) groups is 3. The molecule has 3 atom stereocenters. The van der Waals surface area contributed by atoms with Crippen LogP contribution < -0.4 is 15.5 Å². The zero-order valence-electron chi connectivity index (χ0n) is 36.9. The molecule has 67 heavy (non-hydrogen) atoms. The molecule has 8 heterocycles. The fourth-order valence-electron chi connectivity index (χ4n) is 10.2. The van der Waals surface area contributed by atoms with Crippen molar-refractivity contribution >= 4 is 45.8 Å². The highest BCUT2D eigenvalue weighted by molar-refractivity contribution is 6.08. The van der Waals surface area contributed by atoms with Gasteiger partial charge in [0.15, 0.2) is 11.3 Å². The Morgan fingerprint density at radius 1 is 0.985 bits per heavy atom. The topological polar surface area (TPSA) is 175 Å². The summed E-state index contributed by atoms with van der Waals surface area (Å²) in [5.41, 5.74) is 2.23. The van der Waals surface area contributed by atoms with E-state index in [4.69, 9.17) is 19.3 Å². The van der Waals surface area contributed by atoms with Gasteiger partial charge in [0.25, 0.3) is 12.3 Å². The fraction of sp³-hybridized carbons (Fsp3) is 0.553. The standard InChI is InChI=1S/C47H52F3N11O6/c48-36-23-57(16-14-38(36)66-18-2-4-28-3-1-5-33-41(34-12-13-40(62)54-46(34)63)56-61(43(28)33)30-10-11-30)20-27-6-8-29(9-7-27)60-24-37(42(55-60)44(49)50)52-47(64)35-19-51-59-17-15-39(53-45(35)59)58-21-31(22-58)67-32-25-65-26-32/h1,3,5,15,17,19,24,27,29-32,34,36,38,44H,6-14,16,18,20-23,25-26H2,(H,52,64)(H,54,62,63)/t27?,29?,34?,36-,38+/m0/s1. The summed E-state index contributed by atoms with van der Waals surface area (Å²) in [6.07, 6.45) is 6.45. The molecule has 2 aliphatic carbocycles. The first kappa shape index (κ1) is 43.7. The van der Waals surface area contributed by atoms with Crippen LogP contribution in [0.1, 0.15) is 110 Å². The van der Waals surface area contributed by atoms with Gasteiger partial charge in [-0.3, -0.25) is 34.0 Å². The number of alkyl halides is 3. The average Bonchev–Trinajstić information content (AvgIpc) is 3.71. The first-order chi connectivity index (χ1) is 32.6. The molecule has 0 spiro atoms. The average molecular weight is 924 g/mol. The van der Waals surface area contributed by atoms with Gasteiger partial charge in [-0.2, -0.15) is 15.3 Å². The lowest BCUT2D eigenvalue weighted by atomic mass is 9.85. The fourth-order valence-corrected chi connectivity index (χ4v) is 10.2. The Morgan fingerprint density at radius 3 is 2.55 bits per heavy atom. The molecule has 5 aromatic rings. The van der Waals surface area contributed by atoms with Gasteiger partial charge in [0.2, 0.25) is 11.8 Å². The molecule has 4 aliphatic heterocycles. The maximum absolute atomic E-state index is 15.6. The van der Waals surface area contributed by atoms with Gasteiger partial charge in [0.05, 0.1) is 72.1 Å². The molecule has 3 amide bonds. The molecule has 20 heteroatoms. The second-order valence-corrected chi connectivity index (χ2v) is 18.8. The zero-order chi connectivity index (χ0) is 45.8. The Morgan fingerprint density at radius 2 is 1.81 bits per heavy atom. The third kappa shape index (κ3) is 9.01. The number of para-hydroxylation sites is 1. The van der Waals surface area contributed by atoms with Gasteiger partial charge in [0, 0.05) is 56.9 Å². The molecule has 1 unspecified atom stereocenters. The number of amides is 3. The highest BCUT2D eigenvalue weighted by Crippen LogP contribution is 2.41. The molecule has 0 bridgehead atoms. The van der Waals surface area contributed by atoms with Crippen molar-refractivity contribution in [2.24, 2.45) is 5.92 Å². The predicted molar refractivity (Wildman–Crippen MR) is 237 cm³/mol. The van der Waals surface area contributed by atoms with E-state index in [-0.39, 0.29) is 66.9 Å². The molecule has 2 saturated carbocycles. The predicted octanol–water partition coefficient (Wildman–Crippen LogP) is 5.14. The molecule has 17 nitrogen and oxygen atoms in total. The van der Waals surface area contributed by atoms with E-state index in [1.165, 1.54) is 16.9 Å². The van der Waals surface area contributed by atoms with Gasteiger partial charge in [0.1, 0.15) is 30.3 Å². The minimum absolute atomic E-state index is 0.0515. The van der Waals surface area contributed by atoms with Crippen LogP contribution in [0.3, 0.4) is 0 Å². The number of aromatic nitrogens is 7. The van der Waals surface area contributed by atoms with E-state index in [9.17, 15) is 23.2 Å². The zero-order valence-corrected chi connectivity index (χ0v) is 36.9. The van der Waals surface area contributed by atoms with Crippen LogP contribution in [0.15, 0.2) is 42.9 Å². The molecular formula is C47H52F3N11O6. The number of anilines is 2. The largest absolute Gasteiger partial charge is 0.376 e. The van der Waals surface area contributed by atoms with Crippen LogP contribution in [0.25, 0.3) is 16.6 Å². The van der Waals surface area contributed by atoms with E-state index in [1.807, 2.05) is 33.8 Å². The van der Waals surface area contributed by atoms with Gasteiger partial charge < -0.3 is 24.4 Å². The molecule has 6 aliphatic rings. The van der Waals surface area contributed by atoms with Crippen LogP contribution in [-0.4, -0.2) is 134 Å². The normalized spacial score (nSPS) is 25.3. The van der Waals surface area contributed by atoms with Gasteiger partial charge in [-0.25, -0.2) is 22.7 Å². The summed E-state index contributed by atoms with van der Waals surface area (Å²) in [5, 5.41) is 19.4. The number of piperidine rings is 2. The molecule has 352 valence electrons. The van der Waals surface area contributed by atoms with Gasteiger partial charge in [-0.15, -0.1) is 0 Å². The number of rotatable bonds is 13. The van der Waals surface area contributed by atoms with Crippen molar-refractivity contribution in [3.8, 4) is 11.8 Å². The van der Waals surface area contributed by atoms with Gasteiger partial charge in [-0.05, 0) is 69.4 Å². The summed E-state index contributed by atoms with van der Waals surface area (Å²) < 4.78 is 66.4. The summed E-state index contributed by atoms with van der Waals surface area (Å²) in [5.74, 6) is 5.61. The number of benzene rings is 1. The monoisotopic (exact) mass is 923 g/mol. The van der Waals surface area contributed by atoms with Crippen molar-refractivity contribution in [2.45, 2.75) is 107 Å². The van der Waals surface area contributed by atoms with Gasteiger partial charge in [-0.1, -0.05) is 24.0 Å². The van der Waals surface area contributed by atoms with Crippen molar-refractivity contribution in [2.75, 3.05) is 62.8 Å². The van der Waals surface area contributed by atoms with E-state index >= 15 is 4.39 Å². The van der Waals surface area contributed by atoms with Crippen molar-refractivity contribution in [3.05, 3.63) is 65.4 Å². The van der Waals surface area contributed by atoms with Crippen LogP contribution in [0.2, 0.25) is 0 Å². The van der Waals surface area contributed by atoms with Crippen molar-refractivity contribution < 1.29 is 41.8 Å². The summed E-state index contributed by atoms with van der Waals surface area (Å²) >= 11 is 0. The highest BCUT2D eigenvalue weighted by atomic mass is 19.3. The summed E-state index contributed by atoms with van der Waals surface area (Å²) in [6, 6.07) is 7.70. The van der Waals surface area contributed by atoms with E-state index in [0.717, 1.165) is 48.7 Å². The van der Waals surface area contributed by atoms with Crippen molar-refractivity contribution in [1.82, 2.24) is 44.4 Å². The third-order valence-electron chi connectivity index (χ3n) is 14.1. The number of likely N-dealkylation sites (tertiary alicyclic amines) is 1.